The van der Waals surface area contributed by atoms with Crippen LogP contribution in [0.4, 0.5) is 5.82 Å². The SMILES string of the molecule is Cc1ccc(C(C)C)cc1COc1nn(Cc2ccccc2C)c(N)c1C#N. The Hall–Kier alpha value is -3.26. The fourth-order valence-corrected chi connectivity index (χ4v) is 3.08. The van der Waals surface area contributed by atoms with Gasteiger partial charge in [0.05, 0.1) is 6.54 Å². The molecule has 2 aromatic carbocycles. The van der Waals surface area contributed by atoms with E-state index in [1.807, 2.05) is 31.2 Å². The molecule has 144 valence electrons. The van der Waals surface area contributed by atoms with Gasteiger partial charge in [-0.3, -0.25) is 0 Å². The van der Waals surface area contributed by atoms with Crippen LogP contribution in [-0.4, -0.2) is 9.78 Å². The largest absolute Gasteiger partial charge is 0.471 e. The van der Waals surface area contributed by atoms with Gasteiger partial charge in [-0.15, -0.1) is 5.10 Å². The molecule has 28 heavy (non-hydrogen) atoms. The van der Waals surface area contributed by atoms with Gasteiger partial charge in [0.1, 0.15) is 18.5 Å². The molecule has 0 unspecified atom stereocenters. The molecule has 0 bridgehead atoms. The highest BCUT2D eigenvalue weighted by atomic mass is 16.5. The van der Waals surface area contributed by atoms with Crippen LogP contribution in [-0.2, 0) is 13.2 Å². The molecular weight excluding hydrogens is 348 g/mol. The molecule has 0 aliphatic rings. The van der Waals surface area contributed by atoms with Crippen LogP contribution in [0.1, 0.15) is 53.1 Å². The second-order valence-corrected chi connectivity index (χ2v) is 7.39. The van der Waals surface area contributed by atoms with Gasteiger partial charge in [-0.25, -0.2) is 4.68 Å². The molecule has 5 heteroatoms. The number of benzene rings is 2. The number of nitrogens with zero attached hydrogens (tertiary/aromatic N) is 3. The summed E-state index contributed by atoms with van der Waals surface area (Å²) in [5, 5.41) is 14.0. The van der Waals surface area contributed by atoms with Crippen molar-refractivity contribution in [3.63, 3.8) is 0 Å². The van der Waals surface area contributed by atoms with Crippen molar-refractivity contribution in [2.75, 3.05) is 5.73 Å². The Morgan fingerprint density at radius 2 is 1.82 bits per heavy atom. The van der Waals surface area contributed by atoms with E-state index in [0.29, 0.717) is 24.9 Å². The molecule has 0 fully saturated rings. The lowest BCUT2D eigenvalue weighted by Crippen LogP contribution is -2.07. The zero-order valence-corrected chi connectivity index (χ0v) is 16.9. The standard InChI is InChI=1S/C23H26N4O/c1-15(2)18-10-9-17(4)20(11-18)14-28-23-21(12-24)22(25)27(26-23)13-19-8-6-5-7-16(19)3/h5-11,15H,13-14,25H2,1-4H3. The number of anilines is 1. The topological polar surface area (TPSA) is 76.9 Å². The van der Waals surface area contributed by atoms with E-state index in [-0.39, 0.29) is 11.4 Å². The van der Waals surface area contributed by atoms with Crippen molar-refractivity contribution in [2.24, 2.45) is 0 Å². The fourth-order valence-electron chi connectivity index (χ4n) is 3.08. The second kappa shape index (κ2) is 8.18. The van der Waals surface area contributed by atoms with Crippen molar-refractivity contribution in [3.8, 4) is 11.9 Å². The Bertz CT molecular complexity index is 1030. The van der Waals surface area contributed by atoms with Gasteiger partial charge in [-0.2, -0.15) is 5.26 Å². The van der Waals surface area contributed by atoms with E-state index in [4.69, 9.17) is 10.5 Å². The maximum atomic E-state index is 9.54. The van der Waals surface area contributed by atoms with E-state index in [1.54, 1.807) is 4.68 Å². The zero-order valence-electron chi connectivity index (χ0n) is 16.9. The number of nitrogen functional groups attached to an aromatic ring is 1. The van der Waals surface area contributed by atoms with E-state index in [9.17, 15) is 5.26 Å². The summed E-state index contributed by atoms with van der Waals surface area (Å²) in [6, 6.07) is 16.6. The third kappa shape index (κ3) is 4.01. The first kappa shape index (κ1) is 19.5. The molecule has 3 aromatic rings. The number of nitrogens with two attached hydrogens (primary N) is 1. The number of hydrogen-bond acceptors (Lipinski definition) is 4. The van der Waals surface area contributed by atoms with Gasteiger partial charge < -0.3 is 10.5 Å². The van der Waals surface area contributed by atoms with Gasteiger partial charge in [0.15, 0.2) is 5.56 Å². The van der Waals surface area contributed by atoms with Crippen molar-refractivity contribution in [3.05, 3.63) is 75.8 Å². The van der Waals surface area contributed by atoms with Crippen molar-refractivity contribution in [1.29, 1.82) is 5.26 Å². The fraction of sp³-hybridized carbons (Fsp3) is 0.304. The average Bonchev–Trinajstić information content (AvgIpc) is 2.97. The number of hydrogen-bond donors (Lipinski definition) is 1. The van der Waals surface area contributed by atoms with Gasteiger partial charge in [-0.1, -0.05) is 56.3 Å². The van der Waals surface area contributed by atoms with Crippen molar-refractivity contribution in [1.82, 2.24) is 9.78 Å². The van der Waals surface area contributed by atoms with Crippen LogP contribution in [0.5, 0.6) is 5.88 Å². The highest BCUT2D eigenvalue weighted by molar-refractivity contribution is 5.55. The minimum absolute atomic E-state index is 0.280. The molecule has 3 rings (SSSR count). The summed E-state index contributed by atoms with van der Waals surface area (Å²) >= 11 is 0. The van der Waals surface area contributed by atoms with Crippen LogP contribution in [0.25, 0.3) is 0 Å². The van der Waals surface area contributed by atoms with Crippen LogP contribution in [0, 0.1) is 25.2 Å². The molecule has 5 nitrogen and oxygen atoms in total. The molecule has 0 saturated heterocycles. The summed E-state index contributed by atoms with van der Waals surface area (Å²) in [5.74, 6) is 1.05. The quantitative estimate of drug-likeness (QED) is 0.678. The third-order valence-electron chi connectivity index (χ3n) is 5.06. The van der Waals surface area contributed by atoms with Crippen LogP contribution in [0.3, 0.4) is 0 Å². The summed E-state index contributed by atoms with van der Waals surface area (Å²) in [6.45, 7) is 9.27. The molecule has 1 heterocycles. The lowest BCUT2D eigenvalue weighted by atomic mass is 9.98. The predicted molar refractivity (Wildman–Crippen MR) is 111 cm³/mol. The van der Waals surface area contributed by atoms with E-state index in [0.717, 1.165) is 22.3 Å². The Morgan fingerprint density at radius 3 is 2.50 bits per heavy atom. The minimum atomic E-state index is 0.280. The molecular formula is C23H26N4O. The Labute approximate surface area is 166 Å². The van der Waals surface area contributed by atoms with Crippen LogP contribution >= 0.6 is 0 Å². The number of nitriles is 1. The van der Waals surface area contributed by atoms with Gasteiger partial charge in [-0.05, 0) is 47.6 Å². The number of aryl methyl sites for hydroxylation is 2. The number of ether oxygens (including phenoxy) is 1. The second-order valence-electron chi connectivity index (χ2n) is 7.39. The zero-order chi connectivity index (χ0) is 20.3. The Morgan fingerprint density at radius 1 is 1.11 bits per heavy atom. The number of rotatable bonds is 6. The molecule has 0 radical (unpaired) electrons. The number of aromatic nitrogens is 2. The van der Waals surface area contributed by atoms with Crippen LogP contribution in [0.15, 0.2) is 42.5 Å². The molecule has 0 amide bonds. The highest BCUT2D eigenvalue weighted by Crippen LogP contribution is 2.26. The third-order valence-corrected chi connectivity index (χ3v) is 5.06. The lowest BCUT2D eigenvalue weighted by Gasteiger charge is -2.11. The molecule has 0 aliphatic heterocycles. The summed E-state index contributed by atoms with van der Waals surface area (Å²) < 4.78 is 7.56. The van der Waals surface area contributed by atoms with Crippen molar-refractivity contribution < 1.29 is 4.74 Å². The van der Waals surface area contributed by atoms with Crippen molar-refractivity contribution in [2.45, 2.75) is 46.8 Å². The summed E-state index contributed by atoms with van der Waals surface area (Å²) in [5.41, 5.74) is 12.2. The molecule has 1 aromatic heterocycles. The first-order chi connectivity index (χ1) is 13.4. The van der Waals surface area contributed by atoms with E-state index in [2.05, 4.69) is 50.1 Å². The summed E-state index contributed by atoms with van der Waals surface area (Å²) in [7, 11) is 0. The van der Waals surface area contributed by atoms with E-state index in [1.165, 1.54) is 5.56 Å². The van der Waals surface area contributed by atoms with E-state index >= 15 is 0 Å². The molecule has 0 atom stereocenters. The van der Waals surface area contributed by atoms with Crippen LogP contribution in [0.2, 0.25) is 0 Å². The van der Waals surface area contributed by atoms with Gasteiger partial charge in [0, 0.05) is 0 Å². The smallest absolute Gasteiger partial charge is 0.253 e. The summed E-state index contributed by atoms with van der Waals surface area (Å²) in [6.07, 6.45) is 0. The summed E-state index contributed by atoms with van der Waals surface area (Å²) in [4.78, 5) is 0. The van der Waals surface area contributed by atoms with Gasteiger partial charge >= 0.3 is 0 Å². The predicted octanol–water partition coefficient (Wildman–Crippen LogP) is 4.70. The highest BCUT2D eigenvalue weighted by Gasteiger charge is 2.18. The molecule has 0 spiro atoms. The first-order valence-corrected chi connectivity index (χ1v) is 9.43. The van der Waals surface area contributed by atoms with E-state index < -0.39 is 0 Å². The molecule has 0 aliphatic carbocycles. The normalized spacial score (nSPS) is 10.9. The monoisotopic (exact) mass is 374 g/mol. The maximum Gasteiger partial charge on any atom is 0.253 e. The van der Waals surface area contributed by atoms with Gasteiger partial charge in [0.2, 0.25) is 0 Å². The van der Waals surface area contributed by atoms with Crippen molar-refractivity contribution >= 4 is 5.82 Å². The first-order valence-electron chi connectivity index (χ1n) is 9.43. The maximum absolute atomic E-state index is 9.54. The Kier molecular flexibility index (Phi) is 5.70. The lowest BCUT2D eigenvalue weighted by molar-refractivity contribution is 0.288. The molecule has 0 saturated carbocycles. The average molecular weight is 374 g/mol. The van der Waals surface area contributed by atoms with Crippen LogP contribution < -0.4 is 10.5 Å². The molecule has 2 N–H and O–H groups in total. The van der Waals surface area contributed by atoms with Gasteiger partial charge in [0.25, 0.3) is 5.88 Å². The Balaban J connectivity index is 1.84. The minimum Gasteiger partial charge on any atom is -0.471 e.